The number of hydrogen-bond donors (Lipinski definition) is 1. The Kier molecular flexibility index (Phi) is 7.54. The molecule has 1 heterocycles. The van der Waals surface area contributed by atoms with Crippen LogP contribution >= 0.6 is 0 Å². The quantitative estimate of drug-likeness (QED) is 0.721. The maximum absolute atomic E-state index is 12.7. The molecule has 0 aromatic carbocycles. The molecule has 6 heteroatoms. The van der Waals surface area contributed by atoms with Gasteiger partial charge in [0.15, 0.2) is 8.32 Å². The van der Waals surface area contributed by atoms with Crippen LogP contribution in [0.4, 0.5) is 4.79 Å². The van der Waals surface area contributed by atoms with Gasteiger partial charge in [-0.3, -0.25) is 0 Å². The smallest absolute Gasteiger partial charge is 0.410 e. The molecule has 1 amide bonds. The van der Waals surface area contributed by atoms with Crippen LogP contribution in [0, 0.1) is 0 Å². The van der Waals surface area contributed by atoms with Gasteiger partial charge in [-0.2, -0.15) is 0 Å². The summed E-state index contributed by atoms with van der Waals surface area (Å²) in [6, 6.07) is 0.0567. The number of rotatable bonds is 5. The van der Waals surface area contributed by atoms with Crippen molar-refractivity contribution in [1.82, 2.24) is 4.90 Å². The third kappa shape index (κ3) is 6.57. The van der Waals surface area contributed by atoms with Gasteiger partial charge in [0, 0.05) is 6.54 Å². The lowest BCUT2D eigenvalue weighted by atomic mass is 9.95. The first-order valence-corrected chi connectivity index (χ1v) is 12.6. The molecule has 1 fully saturated rings. The Hall–Kier alpha value is -0.593. The van der Waals surface area contributed by atoms with E-state index in [2.05, 4.69) is 33.9 Å². The first kappa shape index (κ1) is 22.4. The van der Waals surface area contributed by atoms with Crippen LogP contribution in [-0.4, -0.2) is 50.1 Å². The van der Waals surface area contributed by atoms with Crippen LogP contribution in [0.25, 0.3) is 0 Å². The minimum Gasteiger partial charge on any atom is -0.444 e. The van der Waals surface area contributed by atoms with Gasteiger partial charge in [-0.1, -0.05) is 20.8 Å². The Morgan fingerprint density at radius 1 is 1.20 bits per heavy atom. The van der Waals surface area contributed by atoms with Crippen molar-refractivity contribution in [2.75, 3.05) is 13.1 Å². The Bertz CT molecular complexity index is 441. The number of hydrogen-bond acceptors (Lipinski definition) is 4. The second-order valence-electron chi connectivity index (χ2n) is 9.73. The second-order valence-corrected chi connectivity index (χ2v) is 14.5. The van der Waals surface area contributed by atoms with Crippen molar-refractivity contribution in [3.8, 4) is 0 Å². The van der Waals surface area contributed by atoms with Gasteiger partial charge in [0.2, 0.25) is 0 Å². The van der Waals surface area contributed by atoms with E-state index in [0.29, 0.717) is 6.54 Å². The van der Waals surface area contributed by atoms with Crippen LogP contribution in [0.5, 0.6) is 0 Å². The number of likely N-dealkylation sites (tertiary alicyclic amines) is 1. The van der Waals surface area contributed by atoms with E-state index >= 15 is 0 Å². The molecule has 1 saturated heterocycles. The monoisotopic (exact) mass is 372 g/mol. The summed E-state index contributed by atoms with van der Waals surface area (Å²) in [6.07, 6.45) is 3.57. The van der Waals surface area contributed by atoms with Crippen molar-refractivity contribution in [2.45, 2.75) is 103 Å². The van der Waals surface area contributed by atoms with Crippen LogP contribution in [0.15, 0.2) is 0 Å². The molecule has 2 N–H and O–H groups in total. The van der Waals surface area contributed by atoms with Gasteiger partial charge in [-0.15, -0.1) is 0 Å². The molecule has 0 aliphatic carbocycles. The minimum atomic E-state index is -1.89. The van der Waals surface area contributed by atoms with E-state index in [-0.39, 0.29) is 23.3 Å². The molecule has 2 unspecified atom stereocenters. The summed E-state index contributed by atoms with van der Waals surface area (Å²) < 4.78 is 12.4. The highest BCUT2D eigenvalue weighted by Crippen LogP contribution is 2.39. The molecule has 1 aliphatic rings. The van der Waals surface area contributed by atoms with Crippen molar-refractivity contribution >= 4 is 14.4 Å². The average molecular weight is 373 g/mol. The largest absolute Gasteiger partial charge is 0.444 e. The highest BCUT2D eigenvalue weighted by molar-refractivity contribution is 6.74. The predicted octanol–water partition coefficient (Wildman–Crippen LogP) is 4.52. The number of nitrogens with zero attached hydrogens (tertiary/aromatic N) is 1. The molecule has 2 atom stereocenters. The normalized spacial score (nSPS) is 22.8. The minimum absolute atomic E-state index is 0.0567. The first-order valence-electron chi connectivity index (χ1n) is 9.66. The number of piperidine rings is 1. The number of ether oxygens (including phenoxy) is 1. The molecule has 0 aromatic rings. The summed E-state index contributed by atoms with van der Waals surface area (Å²) in [5.41, 5.74) is 5.26. The first-order chi connectivity index (χ1) is 11.3. The fourth-order valence-electron chi connectivity index (χ4n) is 2.93. The van der Waals surface area contributed by atoms with Gasteiger partial charge in [0.25, 0.3) is 0 Å². The molecule has 148 valence electrons. The number of nitrogens with two attached hydrogens (primary N) is 1. The maximum atomic E-state index is 12.7. The lowest BCUT2D eigenvalue weighted by molar-refractivity contribution is -0.0216. The summed E-state index contributed by atoms with van der Waals surface area (Å²) in [6.45, 7) is 18.4. The van der Waals surface area contributed by atoms with Gasteiger partial charge < -0.3 is 19.8 Å². The van der Waals surface area contributed by atoms with E-state index in [1.54, 1.807) is 0 Å². The molecule has 1 rings (SSSR count). The molecule has 0 saturated carbocycles. The predicted molar refractivity (Wildman–Crippen MR) is 106 cm³/mol. The zero-order valence-electron chi connectivity index (χ0n) is 17.6. The van der Waals surface area contributed by atoms with Gasteiger partial charge in [0.05, 0.1) is 12.1 Å². The summed E-state index contributed by atoms with van der Waals surface area (Å²) in [5, 5.41) is 0.152. The Morgan fingerprint density at radius 3 is 2.28 bits per heavy atom. The summed E-state index contributed by atoms with van der Waals surface area (Å²) in [5.74, 6) is 0. The lowest BCUT2D eigenvalue weighted by Gasteiger charge is -2.46. The van der Waals surface area contributed by atoms with Crippen molar-refractivity contribution in [2.24, 2.45) is 5.73 Å². The van der Waals surface area contributed by atoms with Crippen molar-refractivity contribution in [3.05, 3.63) is 0 Å². The van der Waals surface area contributed by atoms with Gasteiger partial charge in [0.1, 0.15) is 5.60 Å². The Balaban J connectivity index is 2.97. The van der Waals surface area contributed by atoms with Gasteiger partial charge >= 0.3 is 6.09 Å². The fraction of sp³-hybridized carbons (Fsp3) is 0.947. The molecule has 0 aromatic heterocycles. The SMILES string of the molecule is CC(C)(C)OC(=O)N1CCCC(O[Si](C)(C)C(C)(C)C)C1CCCN. The average Bonchev–Trinajstić information content (AvgIpc) is 2.42. The van der Waals surface area contributed by atoms with E-state index in [1.807, 2.05) is 25.7 Å². The Morgan fingerprint density at radius 2 is 1.80 bits per heavy atom. The van der Waals surface area contributed by atoms with Crippen molar-refractivity contribution < 1.29 is 14.0 Å². The van der Waals surface area contributed by atoms with Gasteiger partial charge in [-0.25, -0.2) is 4.79 Å². The molecule has 0 radical (unpaired) electrons. The van der Waals surface area contributed by atoms with E-state index in [1.165, 1.54) is 0 Å². The van der Waals surface area contributed by atoms with Gasteiger partial charge in [-0.05, 0) is 71.1 Å². The summed E-state index contributed by atoms with van der Waals surface area (Å²) >= 11 is 0. The fourth-order valence-corrected chi connectivity index (χ4v) is 4.32. The van der Waals surface area contributed by atoms with Crippen molar-refractivity contribution in [3.63, 3.8) is 0 Å². The standard InChI is InChI=1S/C19H40N2O3Si/c1-18(2,3)23-17(22)21-14-10-12-16(15(21)11-9-13-20)24-25(7,8)19(4,5)6/h15-16H,9-14,20H2,1-8H3. The van der Waals surface area contributed by atoms with Crippen LogP contribution in [0.2, 0.25) is 18.1 Å². The van der Waals surface area contributed by atoms with Crippen LogP contribution < -0.4 is 5.73 Å². The zero-order chi connectivity index (χ0) is 19.5. The molecular formula is C19H40N2O3Si. The van der Waals surface area contributed by atoms with Crippen LogP contribution in [-0.2, 0) is 9.16 Å². The molecule has 0 bridgehead atoms. The highest BCUT2D eigenvalue weighted by atomic mass is 28.4. The Labute approximate surface area is 155 Å². The number of carbonyl (C=O) groups is 1. The van der Waals surface area contributed by atoms with Crippen LogP contribution in [0.3, 0.4) is 0 Å². The maximum Gasteiger partial charge on any atom is 0.410 e. The highest BCUT2D eigenvalue weighted by Gasteiger charge is 2.44. The number of amides is 1. The summed E-state index contributed by atoms with van der Waals surface area (Å²) in [4.78, 5) is 14.6. The topological polar surface area (TPSA) is 64.8 Å². The van der Waals surface area contributed by atoms with Crippen molar-refractivity contribution in [1.29, 1.82) is 0 Å². The zero-order valence-corrected chi connectivity index (χ0v) is 18.6. The third-order valence-electron chi connectivity index (χ3n) is 5.30. The summed E-state index contributed by atoms with van der Waals surface area (Å²) in [7, 11) is -1.89. The molecule has 5 nitrogen and oxygen atoms in total. The molecule has 0 spiro atoms. The molecule has 1 aliphatic heterocycles. The molecule has 25 heavy (non-hydrogen) atoms. The lowest BCUT2D eigenvalue weighted by Crippen LogP contribution is -2.56. The van der Waals surface area contributed by atoms with E-state index in [4.69, 9.17) is 14.9 Å². The third-order valence-corrected chi connectivity index (χ3v) is 9.81. The van der Waals surface area contributed by atoms with E-state index in [9.17, 15) is 4.79 Å². The van der Waals surface area contributed by atoms with E-state index < -0.39 is 13.9 Å². The van der Waals surface area contributed by atoms with Crippen LogP contribution in [0.1, 0.15) is 67.2 Å². The van der Waals surface area contributed by atoms with E-state index in [0.717, 1.165) is 32.2 Å². The second kappa shape index (κ2) is 8.40. The molecular weight excluding hydrogens is 332 g/mol. The number of carbonyl (C=O) groups excluding carboxylic acids is 1.